The molecule has 3 unspecified atom stereocenters. The molecular formula is C15H22N2O3. The third kappa shape index (κ3) is 4.51. The van der Waals surface area contributed by atoms with E-state index in [1.54, 1.807) is 0 Å². The first-order valence-electron chi connectivity index (χ1n) is 7.03. The van der Waals surface area contributed by atoms with Gasteiger partial charge < -0.3 is 20.5 Å². The minimum Gasteiger partial charge on any atom is -0.388 e. The molecule has 1 aliphatic heterocycles. The average Bonchev–Trinajstić information content (AvgIpc) is 2.92. The van der Waals surface area contributed by atoms with E-state index in [1.807, 2.05) is 37.3 Å². The van der Waals surface area contributed by atoms with Crippen LogP contribution in [0, 0.1) is 0 Å². The molecule has 5 heteroatoms. The van der Waals surface area contributed by atoms with E-state index in [4.69, 9.17) is 4.74 Å². The van der Waals surface area contributed by atoms with Crippen LogP contribution < -0.4 is 10.6 Å². The average molecular weight is 278 g/mol. The van der Waals surface area contributed by atoms with E-state index in [9.17, 15) is 9.90 Å². The number of ether oxygens (including phenoxy) is 1. The first kappa shape index (κ1) is 14.8. The molecule has 20 heavy (non-hydrogen) atoms. The number of rotatable bonds is 5. The van der Waals surface area contributed by atoms with Gasteiger partial charge in [0.15, 0.2) is 0 Å². The van der Waals surface area contributed by atoms with Crippen molar-refractivity contribution in [1.29, 1.82) is 0 Å². The Balaban J connectivity index is 1.74. The van der Waals surface area contributed by atoms with E-state index < -0.39 is 6.10 Å². The Morgan fingerprint density at radius 2 is 2.20 bits per heavy atom. The second-order valence-electron chi connectivity index (χ2n) is 5.24. The lowest BCUT2D eigenvalue weighted by atomic mass is 10.0. The number of carbonyl (C=O) groups excluding carboxylic acids is 1. The number of urea groups is 1. The molecule has 1 aromatic carbocycles. The maximum Gasteiger partial charge on any atom is 0.315 e. The lowest BCUT2D eigenvalue weighted by molar-refractivity contribution is 0.154. The highest BCUT2D eigenvalue weighted by molar-refractivity contribution is 5.74. The Labute approximate surface area is 119 Å². The van der Waals surface area contributed by atoms with Crippen LogP contribution in [0.5, 0.6) is 0 Å². The van der Waals surface area contributed by atoms with Crippen molar-refractivity contribution in [3.63, 3.8) is 0 Å². The quantitative estimate of drug-likeness (QED) is 0.766. The number of nitrogens with one attached hydrogen (secondary N) is 2. The van der Waals surface area contributed by atoms with Gasteiger partial charge in [0.05, 0.1) is 18.8 Å². The summed E-state index contributed by atoms with van der Waals surface area (Å²) in [7, 11) is 0. The number of aliphatic hydroxyl groups excluding tert-OH is 1. The molecule has 0 bridgehead atoms. The molecule has 1 fully saturated rings. The Morgan fingerprint density at radius 3 is 2.85 bits per heavy atom. The zero-order chi connectivity index (χ0) is 14.4. The smallest absolute Gasteiger partial charge is 0.315 e. The monoisotopic (exact) mass is 278 g/mol. The summed E-state index contributed by atoms with van der Waals surface area (Å²) in [6, 6.07) is 9.25. The molecule has 110 valence electrons. The van der Waals surface area contributed by atoms with Crippen molar-refractivity contribution in [2.45, 2.75) is 38.0 Å². The summed E-state index contributed by atoms with van der Waals surface area (Å²) in [5.41, 5.74) is 0.866. The second-order valence-corrected chi connectivity index (χ2v) is 5.24. The molecule has 1 saturated heterocycles. The van der Waals surface area contributed by atoms with Crippen molar-refractivity contribution in [2.75, 3.05) is 13.2 Å². The van der Waals surface area contributed by atoms with Crippen LogP contribution in [0.25, 0.3) is 0 Å². The van der Waals surface area contributed by atoms with Crippen LogP contribution in [0.2, 0.25) is 0 Å². The summed E-state index contributed by atoms with van der Waals surface area (Å²) < 4.78 is 5.20. The summed E-state index contributed by atoms with van der Waals surface area (Å²) in [6.07, 6.45) is 0.772. The summed E-state index contributed by atoms with van der Waals surface area (Å²) in [5.74, 6) is 0. The SMILES string of the molecule is CC(CC(O)c1ccccc1)NC(=O)NC1CCOC1. The van der Waals surface area contributed by atoms with Gasteiger partial charge in [0.2, 0.25) is 0 Å². The van der Waals surface area contributed by atoms with E-state index in [2.05, 4.69) is 10.6 Å². The van der Waals surface area contributed by atoms with Gasteiger partial charge in [-0.25, -0.2) is 4.79 Å². The normalized spacial score (nSPS) is 21.2. The minimum absolute atomic E-state index is 0.0984. The second kappa shape index (κ2) is 7.26. The molecule has 0 aromatic heterocycles. The first-order chi connectivity index (χ1) is 9.65. The number of benzene rings is 1. The van der Waals surface area contributed by atoms with Gasteiger partial charge in [0.1, 0.15) is 0 Å². The van der Waals surface area contributed by atoms with Gasteiger partial charge in [0.25, 0.3) is 0 Å². The molecule has 2 amide bonds. The van der Waals surface area contributed by atoms with E-state index in [0.29, 0.717) is 19.6 Å². The van der Waals surface area contributed by atoms with E-state index >= 15 is 0 Å². The first-order valence-corrected chi connectivity index (χ1v) is 7.03. The fourth-order valence-electron chi connectivity index (χ4n) is 2.30. The topological polar surface area (TPSA) is 70.6 Å². The fraction of sp³-hybridized carbons (Fsp3) is 0.533. The van der Waals surface area contributed by atoms with Crippen LogP contribution in [-0.2, 0) is 4.74 Å². The van der Waals surface area contributed by atoms with Crippen LogP contribution in [-0.4, -0.2) is 36.4 Å². The maximum absolute atomic E-state index is 11.8. The number of carbonyl (C=O) groups is 1. The Kier molecular flexibility index (Phi) is 5.38. The van der Waals surface area contributed by atoms with Crippen molar-refractivity contribution in [3.8, 4) is 0 Å². The Bertz CT molecular complexity index is 418. The largest absolute Gasteiger partial charge is 0.388 e. The van der Waals surface area contributed by atoms with Gasteiger partial charge in [0, 0.05) is 12.6 Å². The van der Waals surface area contributed by atoms with Crippen LogP contribution >= 0.6 is 0 Å². The molecule has 0 spiro atoms. The van der Waals surface area contributed by atoms with Crippen LogP contribution in [0.1, 0.15) is 31.4 Å². The van der Waals surface area contributed by atoms with Crippen molar-refractivity contribution in [1.82, 2.24) is 10.6 Å². The molecule has 2 rings (SSSR count). The van der Waals surface area contributed by atoms with Gasteiger partial charge in [-0.1, -0.05) is 30.3 Å². The van der Waals surface area contributed by atoms with Gasteiger partial charge in [-0.2, -0.15) is 0 Å². The number of hydrogen-bond donors (Lipinski definition) is 3. The summed E-state index contributed by atoms with van der Waals surface area (Å²) in [6.45, 7) is 3.17. The van der Waals surface area contributed by atoms with Gasteiger partial charge in [-0.05, 0) is 25.3 Å². The third-order valence-electron chi connectivity index (χ3n) is 3.40. The van der Waals surface area contributed by atoms with Gasteiger partial charge in [-0.15, -0.1) is 0 Å². The Morgan fingerprint density at radius 1 is 1.45 bits per heavy atom. The van der Waals surface area contributed by atoms with Crippen molar-refractivity contribution >= 4 is 6.03 Å². The van der Waals surface area contributed by atoms with E-state index in [1.165, 1.54) is 0 Å². The predicted molar refractivity (Wildman–Crippen MR) is 76.4 cm³/mol. The minimum atomic E-state index is -0.568. The lowest BCUT2D eigenvalue weighted by Gasteiger charge is -2.19. The summed E-state index contributed by atoms with van der Waals surface area (Å²) in [4.78, 5) is 11.8. The van der Waals surface area contributed by atoms with Crippen molar-refractivity contribution in [2.24, 2.45) is 0 Å². The summed E-state index contributed by atoms with van der Waals surface area (Å²) >= 11 is 0. The summed E-state index contributed by atoms with van der Waals surface area (Å²) in [5, 5.41) is 15.8. The maximum atomic E-state index is 11.8. The standard InChI is InChI=1S/C15H22N2O3/c1-11(9-14(18)12-5-3-2-4-6-12)16-15(19)17-13-7-8-20-10-13/h2-6,11,13-14,18H,7-10H2,1H3,(H2,16,17,19). The lowest BCUT2D eigenvalue weighted by Crippen LogP contribution is -2.46. The van der Waals surface area contributed by atoms with Crippen LogP contribution in [0.4, 0.5) is 4.79 Å². The highest BCUT2D eigenvalue weighted by atomic mass is 16.5. The van der Waals surface area contributed by atoms with Crippen LogP contribution in [0.3, 0.4) is 0 Å². The molecule has 1 aliphatic rings. The highest BCUT2D eigenvalue weighted by Gasteiger charge is 2.19. The number of amides is 2. The molecular weight excluding hydrogens is 256 g/mol. The molecule has 0 aliphatic carbocycles. The molecule has 0 saturated carbocycles. The van der Waals surface area contributed by atoms with Crippen LogP contribution in [0.15, 0.2) is 30.3 Å². The van der Waals surface area contributed by atoms with Crippen molar-refractivity contribution in [3.05, 3.63) is 35.9 Å². The number of hydrogen-bond acceptors (Lipinski definition) is 3. The predicted octanol–water partition coefficient (Wildman–Crippen LogP) is 1.59. The zero-order valence-corrected chi connectivity index (χ0v) is 11.7. The van der Waals surface area contributed by atoms with Gasteiger partial charge in [-0.3, -0.25) is 0 Å². The van der Waals surface area contributed by atoms with E-state index in [-0.39, 0.29) is 18.1 Å². The molecule has 0 radical (unpaired) electrons. The van der Waals surface area contributed by atoms with Crippen molar-refractivity contribution < 1.29 is 14.6 Å². The van der Waals surface area contributed by atoms with Gasteiger partial charge >= 0.3 is 6.03 Å². The molecule has 3 atom stereocenters. The van der Waals surface area contributed by atoms with E-state index in [0.717, 1.165) is 12.0 Å². The highest BCUT2D eigenvalue weighted by Crippen LogP contribution is 2.17. The third-order valence-corrected chi connectivity index (χ3v) is 3.40. The molecule has 5 nitrogen and oxygen atoms in total. The molecule has 1 heterocycles. The molecule has 3 N–H and O–H groups in total. The molecule has 1 aromatic rings. The zero-order valence-electron chi connectivity index (χ0n) is 11.7. The Hall–Kier alpha value is -1.59. The fourth-order valence-corrected chi connectivity index (χ4v) is 2.30. The number of aliphatic hydroxyl groups is 1.